The van der Waals surface area contributed by atoms with Crippen LogP contribution in [0.1, 0.15) is 29.1 Å². The van der Waals surface area contributed by atoms with Crippen molar-refractivity contribution in [2.45, 2.75) is 19.1 Å². The van der Waals surface area contributed by atoms with E-state index in [4.69, 9.17) is 10.2 Å². The number of fused-ring (bicyclic) bond motifs is 1. The highest BCUT2D eigenvalue weighted by Gasteiger charge is 2.38. The Morgan fingerprint density at radius 2 is 2.10 bits per heavy atom. The van der Waals surface area contributed by atoms with E-state index in [1.165, 1.54) is 19.1 Å². The van der Waals surface area contributed by atoms with Gasteiger partial charge in [0.2, 0.25) is 5.82 Å². The number of aromatic carboxylic acids is 1. The van der Waals surface area contributed by atoms with Gasteiger partial charge in [-0.2, -0.15) is 13.2 Å². The average molecular weight is 288 g/mol. The van der Waals surface area contributed by atoms with Crippen molar-refractivity contribution < 1.29 is 28.2 Å². The molecule has 0 amide bonds. The van der Waals surface area contributed by atoms with Gasteiger partial charge in [-0.1, -0.05) is 0 Å². The summed E-state index contributed by atoms with van der Waals surface area (Å²) < 4.78 is 39.7. The van der Waals surface area contributed by atoms with E-state index in [0.717, 1.165) is 10.6 Å². The Kier molecular flexibility index (Phi) is 3.43. The number of nitrogens with zero attached hydrogens (tertiary/aromatic N) is 2. The zero-order chi connectivity index (χ0) is 15.1. The predicted octanol–water partition coefficient (Wildman–Crippen LogP) is 2.31. The fourth-order valence-corrected chi connectivity index (χ4v) is 1.95. The summed E-state index contributed by atoms with van der Waals surface area (Å²) in [5, 5.41) is 18.0. The lowest BCUT2D eigenvalue weighted by Crippen LogP contribution is -2.19. The Bertz CT molecular complexity index is 664. The number of alkyl halides is 3. The van der Waals surface area contributed by atoms with E-state index in [0.29, 0.717) is 0 Å². The van der Waals surface area contributed by atoms with Gasteiger partial charge in [-0.25, -0.2) is 9.78 Å². The van der Waals surface area contributed by atoms with Gasteiger partial charge in [0.1, 0.15) is 0 Å². The van der Waals surface area contributed by atoms with Gasteiger partial charge in [-0.15, -0.1) is 0 Å². The second kappa shape index (κ2) is 4.78. The maximum absolute atomic E-state index is 13.0. The molecular formula is C12H11F3N2O3. The Hall–Kier alpha value is -2.09. The summed E-state index contributed by atoms with van der Waals surface area (Å²) in [4.78, 5) is 14.4. The van der Waals surface area contributed by atoms with Crippen molar-refractivity contribution in [1.82, 2.24) is 9.55 Å². The lowest BCUT2D eigenvalue weighted by atomic mass is 10.2. The molecule has 0 bridgehead atoms. The summed E-state index contributed by atoms with van der Waals surface area (Å²) in [6.45, 7) is 0.871. The van der Waals surface area contributed by atoms with Gasteiger partial charge in [-0.05, 0) is 25.1 Å². The molecule has 20 heavy (non-hydrogen) atoms. The molecule has 1 aromatic carbocycles. The van der Waals surface area contributed by atoms with Crippen molar-refractivity contribution >= 4 is 17.0 Å². The molecule has 1 aromatic heterocycles. The van der Waals surface area contributed by atoms with Gasteiger partial charge in [0.25, 0.3) is 0 Å². The van der Waals surface area contributed by atoms with Crippen LogP contribution in [0, 0.1) is 0 Å². The largest absolute Gasteiger partial charge is 0.478 e. The van der Waals surface area contributed by atoms with Crippen LogP contribution in [0.15, 0.2) is 18.2 Å². The Balaban J connectivity index is 2.78. The molecule has 1 unspecified atom stereocenters. The number of halogens is 3. The Morgan fingerprint density at radius 3 is 2.60 bits per heavy atom. The summed E-state index contributed by atoms with van der Waals surface area (Å²) in [5.41, 5.74) is -0.0843. The highest BCUT2D eigenvalue weighted by molar-refractivity contribution is 5.92. The average Bonchev–Trinajstić information content (AvgIpc) is 2.75. The van der Waals surface area contributed by atoms with E-state index >= 15 is 0 Å². The van der Waals surface area contributed by atoms with Gasteiger partial charge in [0.05, 0.1) is 29.2 Å². The van der Waals surface area contributed by atoms with Gasteiger partial charge >= 0.3 is 12.1 Å². The molecule has 0 aliphatic rings. The lowest BCUT2D eigenvalue weighted by molar-refractivity contribution is -0.147. The number of aliphatic hydroxyl groups is 1. The van der Waals surface area contributed by atoms with Crippen LogP contribution in [0.4, 0.5) is 13.2 Å². The van der Waals surface area contributed by atoms with Crippen LogP contribution >= 0.6 is 0 Å². The monoisotopic (exact) mass is 288 g/mol. The highest BCUT2D eigenvalue weighted by Crippen LogP contribution is 2.33. The molecule has 2 aromatic rings. The number of carboxylic acid groups (broad SMARTS) is 1. The first-order valence-corrected chi connectivity index (χ1v) is 5.69. The van der Waals surface area contributed by atoms with E-state index < -0.39 is 30.6 Å². The third-order valence-electron chi connectivity index (χ3n) is 2.89. The molecule has 2 rings (SSSR count). The second-order valence-electron chi connectivity index (χ2n) is 4.34. The van der Waals surface area contributed by atoms with E-state index in [1.54, 1.807) is 0 Å². The summed E-state index contributed by atoms with van der Waals surface area (Å²) in [7, 11) is 0. The van der Waals surface area contributed by atoms with Crippen LogP contribution in [0.3, 0.4) is 0 Å². The number of rotatable bonds is 3. The molecule has 2 N–H and O–H groups in total. The van der Waals surface area contributed by atoms with Crippen molar-refractivity contribution in [2.24, 2.45) is 0 Å². The van der Waals surface area contributed by atoms with Crippen LogP contribution < -0.4 is 0 Å². The molecule has 0 fully saturated rings. The van der Waals surface area contributed by atoms with Gasteiger partial charge in [-0.3, -0.25) is 0 Å². The summed E-state index contributed by atoms with van der Waals surface area (Å²) in [5.74, 6) is -2.40. The van der Waals surface area contributed by atoms with Crippen molar-refractivity contribution in [3.63, 3.8) is 0 Å². The molecule has 0 spiro atoms. The first-order valence-electron chi connectivity index (χ1n) is 5.69. The third kappa shape index (κ3) is 2.34. The van der Waals surface area contributed by atoms with Gasteiger partial charge in [0.15, 0.2) is 0 Å². The van der Waals surface area contributed by atoms with Crippen molar-refractivity contribution in [1.29, 1.82) is 0 Å². The van der Waals surface area contributed by atoms with Crippen LogP contribution in [-0.4, -0.2) is 32.3 Å². The number of hydrogen-bond donors (Lipinski definition) is 2. The smallest absolute Gasteiger partial charge is 0.449 e. The molecule has 0 saturated carbocycles. The van der Waals surface area contributed by atoms with Crippen LogP contribution in [0.25, 0.3) is 11.0 Å². The molecule has 0 aliphatic carbocycles. The molecule has 0 radical (unpaired) electrons. The highest BCUT2D eigenvalue weighted by atomic mass is 19.4. The molecule has 0 aliphatic heterocycles. The zero-order valence-corrected chi connectivity index (χ0v) is 10.3. The van der Waals surface area contributed by atoms with Crippen LogP contribution in [0.2, 0.25) is 0 Å². The minimum atomic E-state index is -4.69. The molecule has 0 saturated heterocycles. The van der Waals surface area contributed by atoms with E-state index in [9.17, 15) is 18.0 Å². The Labute approximate surface area is 111 Å². The number of aliphatic hydroxyl groups excluding tert-OH is 1. The molecule has 5 nitrogen and oxygen atoms in total. The fourth-order valence-electron chi connectivity index (χ4n) is 1.95. The number of benzene rings is 1. The van der Waals surface area contributed by atoms with Crippen molar-refractivity contribution in [3.05, 3.63) is 29.6 Å². The molecular weight excluding hydrogens is 277 g/mol. The number of carbonyl (C=O) groups is 1. The van der Waals surface area contributed by atoms with Gasteiger partial charge in [0, 0.05) is 0 Å². The predicted molar refractivity (Wildman–Crippen MR) is 63.5 cm³/mol. The van der Waals surface area contributed by atoms with Crippen molar-refractivity contribution in [3.8, 4) is 0 Å². The lowest BCUT2D eigenvalue weighted by Gasteiger charge is -2.16. The maximum Gasteiger partial charge on any atom is 0.449 e. The zero-order valence-electron chi connectivity index (χ0n) is 10.3. The molecule has 1 atom stereocenters. The SMILES string of the molecule is CC(CO)n1c(C(F)(F)F)nc2ccc(C(=O)O)cc21. The molecule has 1 heterocycles. The van der Waals surface area contributed by atoms with E-state index in [-0.39, 0.29) is 16.6 Å². The summed E-state index contributed by atoms with van der Waals surface area (Å²) in [6, 6.07) is 2.65. The summed E-state index contributed by atoms with van der Waals surface area (Å²) in [6.07, 6.45) is -4.69. The number of hydrogen-bond acceptors (Lipinski definition) is 3. The van der Waals surface area contributed by atoms with Gasteiger partial charge < -0.3 is 14.8 Å². The first kappa shape index (κ1) is 14.3. The standard InChI is InChI=1S/C12H11F3N2O3/c1-6(5-18)17-9-4-7(10(19)20)2-3-8(9)16-11(17)12(13,14)15/h2-4,6,18H,5H2,1H3,(H,19,20). The van der Waals surface area contributed by atoms with Crippen LogP contribution in [0.5, 0.6) is 0 Å². The fraction of sp³-hybridized carbons (Fsp3) is 0.333. The second-order valence-corrected chi connectivity index (χ2v) is 4.34. The normalized spacial score (nSPS) is 13.7. The van der Waals surface area contributed by atoms with E-state index in [1.807, 2.05) is 0 Å². The van der Waals surface area contributed by atoms with E-state index in [2.05, 4.69) is 4.98 Å². The Morgan fingerprint density at radius 1 is 1.45 bits per heavy atom. The molecule has 108 valence electrons. The first-order chi connectivity index (χ1) is 9.25. The van der Waals surface area contributed by atoms with Crippen molar-refractivity contribution in [2.75, 3.05) is 6.61 Å². The topological polar surface area (TPSA) is 75.3 Å². The molecule has 8 heteroatoms. The number of aromatic nitrogens is 2. The number of imidazole rings is 1. The minimum absolute atomic E-state index is 0.0266. The quantitative estimate of drug-likeness (QED) is 0.908. The third-order valence-corrected chi connectivity index (χ3v) is 2.89. The van der Waals surface area contributed by atoms with Crippen LogP contribution in [-0.2, 0) is 6.18 Å². The maximum atomic E-state index is 13.0. The minimum Gasteiger partial charge on any atom is -0.478 e. The summed E-state index contributed by atoms with van der Waals surface area (Å²) >= 11 is 0. The number of carboxylic acids is 1.